The molecule has 30 heavy (non-hydrogen) atoms. The Morgan fingerprint density at radius 2 is 2.10 bits per heavy atom. The summed E-state index contributed by atoms with van der Waals surface area (Å²) < 4.78 is 0. The second-order valence-corrected chi connectivity index (χ2v) is 9.22. The lowest BCUT2D eigenvalue weighted by atomic mass is 10.1. The number of hydrogen-bond acceptors (Lipinski definition) is 6. The van der Waals surface area contributed by atoms with Gasteiger partial charge in [0.2, 0.25) is 0 Å². The van der Waals surface area contributed by atoms with Crippen molar-refractivity contribution in [3.8, 4) is 0 Å². The van der Waals surface area contributed by atoms with E-state index < -0.39 is 0 Å². The summed E-state index contributed by atoms with van der Waals surface area (Å²) in [7, 11) is 0. The first-order valence-corrected chi connectivity index (χ1v) is 11.4. The van der Waals surface area contributed by atoms with Crippen LogP contribution in [0.5, 0.6) is 0 Å². The average molecular weight is 422 g/mol. The average Bonchev–Trinajstić information content (AvgIpc) is 3.43. The van der Waals surface area contributed by atoms with Gasteiger partial charge in [0.25, 0.3) is 5.91 Å². The van der Waals surface area contributed by atoms with Gasteiger partial charge in [-0.05, 0) is 62.6 Å². The minimum atomic E-state index is -0.124. The maximum Gasteiger partial charge on any atom is 0.263 e. The number of fused-ring (bicyclic) bond motifs is 2. The Labute approximate surface area is 180 Å². The third kappa shape index (κ3) is 3.52. The fourth-order valence-corrected chi connectivity index (χ4v) is 5.75. The molecule has 2 aliphatic rings. The molecule has 2 unspecified atom stereocenters. The van der Waals surface area contributed by atoms with Crippen molar-refractivity contribution in [1.82, 2.24) is 15.6 Å². The number of carbonyl (C=O) groups excluding carboxylic acids is 1. The highest BCUT2D eigenvalue weighted by molar-refractivity contribution is 7.21. The highest BCUT2D eigenvalue weighted by Gasteiger charge is 2.37. The Bertz CT molecular complexity index is 1080. The molecule has 2 saturated heterocycles. The number of anilines is 2. The largest absolute Gasteiger partial charge is 0.397 e. The highest BCUT2D eigenvalue weighted by Crippen LogP contribution is 2.33. The molecule has 0 aliphatic carbocycles. The summed E-state index contributed by atoms with van der Waals surface area (Å²) in [5.41, 5.74) is 10.2. The van der Waals surface area contributed by atoms with Gasteiger partial charge < -0.3 is 21.3 Å². The molecule has 1 amide bonds. The van der Waals surface area contributed by atoms with E-state index in [1.165, 1.54) is 35.4 Å². The highest BCUT2D eigenvalue weighted by atomic mass is 32.1. The van der Waals surface area contributed by atoms with Gasteiger partial charge in [-0.2, -0.15) is 0 Å². The van der Waals surface area contributed by atoms with Crippen molar-refractivity contribution in [2.75, 3.05) is 30.3 Å². The normalized spacial score (nSPS) is 20.6. The van der Waals surface area contributed by atoms with Crippen LogP contribution in [0.1, 0.15) is 33.8 Å². The fraction of sp³-hybridized carbons (Fsp3) is 0.391. The maximum atomic E-state index is 12.6. The SMILES string of the molecule is Cc1ccc2c(N)c(C(=O)NCCc3ccc(N4CCC5NCCC54)cc3)sc2n1. The Morgan fingerprint density at radius 3 is 2.93 bits per heavy atom. The Morgan fingerprint density at radius 1 is 1.27 bits per heavy atom. The number of aryl methyl sites for hydroxylation is 1. The van der Waals surface area contributed by atoms with Crippen LogP contribution in [0.2, 0.25) is 0 Å². The second-order valence-electron chi connectivity index (χ2n) is 8.22. The minimum Gasteiger partial charge on any atom is -0.397 e. The summed E-state index contributed by atoms with van der Waals surface area (Å²) >= 11 is 1.36. The van der Waals surface area contributed by atoms with Crippen LogP contribution in [-0.2, 0) is 6.42 Å². The number of rotatable bonds is 5. The predicted octanol–water partition coefficient (Wildman–Crippen LogP) is 3.10. The molecular weight excluding hydrogens is 394 g/mol. The van der Waals surface area contributed by atoms with Crippen LogP contribution in [0.25, 0.3) is 10.2 Å². The number of pyridine rings is 1. The molecular formula is C23H27N5OS. The molecule has 2 fully saturated rings. The molecule has 4 heterocycles. The van der Waals surface area contributed by atoms with E-state index >= 15 is 0 Å². The summed E-state index contributed by atoms with van der Waals surface area (Å²) in [6, 6.07) is 13.9. The Balaban J connectivity index is 1.19. The van der Waals surface area contributed by atoms with E-state index in [0.29, 0.717) is 29.2 Å². The Hall–Kier alpha value is -2.64. The van der Waals surface area contributed by atoms with Crippen molar-refractivity contribution in [2.24, 2.45) is 0 Å². The first-order chi connectivity index (χ1) is 14.6. The molecule has 6 nitrogen and oxygen atoms in total. The summed E-state index contributed by atoms with van der Waals surface area (Å²) in [5.74, 6) is -0.124. The molecule has 1 aromatic carbocycles. The van der Waals surface area contributed by atoms with E-state index in [-0.39, 0.29) is 5.91 Å². The summed E-state index contributed by atoms with van der Waals surface area (Å²) in [5, 5.41) is 7.47. The molecule has 0 spiro atoms. The minimum absolute atomic E-state index is 0.124. The van der Waals surface area contributed by atoms with Crippen LogP contribution < -0.4 is 21.3 Å². The van der Waals surface area contributed by atoms with Crippen LogP contribution in [0.15, 0.2) is 36.4 Å². The zero-order valence-corrected chi connectivity index (χ0v) is 18.0. The molecule has 2 aliphatic heterocycles. The third-order valence-corrected chi connectivity index (χ3v) is 7.41. The second kappa shape index (κ2) is 7.89. The van der Waals surface area contributed by atoms with Gasteiger partial charge in [-0.15, -0.1) is 11.3 Å². The predicted molar refractivity (Wildman–Crippen MR) is 123 cm³/mol. The molecule has 0 saturated carbocycles. The van der Waals surface area contributed by atoms with Crippen LogP contribution in [0.3, 0.4) is 0 Å². The van der Waals surface area contributed by atoms with Crippen LogP contribution in [-0.4, -0.2) is 42.6 Å². The third-order valence-electron chi connectivity index (χ3n) is 6.30. The van der Waals surface area contributed by atoms with Gasteiger partial charge in [-0.1, -0.05) is 12.1 Å². The molecule has 156 valence electrons. The van der Waals surface area contributed by atoms with Crippen molar-refractivity contribution in [2.45, 2.75) is 38.3 Å². The van der Waals surface area contributed by atoms with Gasteiger partial charge in [0, 0.05) is 41.9 Å². The van der Waals surface area contributed by atoms with Gasteiger partial charge in [-0.25, -0.2) is 4.98 Å². The molecule has 2 atom stereocenters. The van der Waals surface area contributed by atoms with Crippen molar-refractivity contribution in [3.63, 3.8) is 0 Å². The monoisotopic (exact) mass is 421 g/mol. The van der Waals surface area contributed by atoms with E-state index in [0.717, 1.165) is 35.4 Å². The maximum absolute atomic E-state index is 12.6. The number of hydrogen-bond donors (Lipinski definition) is 3. The lowest BCUT2D eigenvalue weighted by molar-refractivity contribution is 0.0959. The van der Waals surface area contributed by atoms with Gasteiger partial charge in [0.15, 0.2) is 0 Å². The molecule has 4 N–H and O–H groups in total. The van der Waals surface area contributed by atoms with E-state index in [2.05, 4.69) is 44.8 Å². The number of thiophene rings is 1. The lowest BCUT2D eigenvalue weighted by Crippen LogP contribution is -2.34. The summed E-state index contributed by atoms with van der Waals surface area (Å²) in [6.07, 6.45) is 3.25. The van der Waals surface area contributed by atoms with Crippen LogP contribution in [0.4, 0.5) is 11.4 Å². The number of carbonyl (C=O) groups is 1. The molecule has 0 radical (unpaired) electrons. The van der Waals surface area contributed by atoms with Gasteiger partial charge in [-0.3, -0.25) is 4.79 Å². The smallest absolute Gasteiger partial charge is 0.263 e. The van der Waals surface area contributed by atoms with Gasteiger partial charge in [0.1, 0.15) is 9.71 Å². The van der Waals surface area contributed by atoms with Crippen molar-refractivity contribution < 1.29 is 4.79 Å². The molecule has 0 bridgehead atoms. The standard InChI is InChI=1S/C23H27N5OS/c1-14-2-7-17-20(24)21(30-23(17)27-14)22(29)26-11-8-15-3-5-16(6-4-15)28-13-10-18-19(28)9-12-25-18/h2-7,18-19,25H,8-13,24H2,1H3,(H,26,29). The van der Waals surface area contributed by atoms with Crippen LogP contribution >= 0.6 is 11.3 Å². The molecule has 7 heteroatoms. The number of benzene rings is 1. The zero-order valence-electron chi connectivity index (χ0n) is 17.1. The van der Waals surface area contributed by atoms with E-state index in [4.69, 9.17) is 5.73 Å². The molecule has 3 aromatic rings. The van der Waals surface area contributed by atoms with Crippen molar-refractivity contribution in [3.05, 3.63) is 52.5 Å². The number of nitrogens with one attached hydrogen (secondary N) is 2. The topological polar surface area (TPSA) is 83.3 Å². The Kier molecular flexibility index (Phi) is 5.08. The summed E-state index contributed by atoms with van der Waals surface area (Å²) in [6.45, 7) is 4.77. The summed E-state index contributed by atoms with van der Waals surface area (Å²) in [4.78, 5) is 21.0. The molecule has 5 rings (SSSR count). The van der Waals surface area contributed by atoms with Gasteiger partial charge in [0.05, 0.1) is 5.69 Å². The zero-order chi connectivity index (χ0) is 20.7. The quantitative estimate of drug-likeness (QED) is 0.590. The van der Waals surface area contributed by atoms with E-state index in [1.807, 2.05) is 19.1 Å². The fourth-order valence-electron chi connectivity index (χ4n) is 4.70. The lowest BCUT2D eigenvalue weighted by Gasteiger charge is -2.25. The number of nitrogens with two attached hydrogens (primary N) is 1. The first-order valence-electron chi connectivity index (χ1n) is 10.6. The number of aromatic nitrogens is 1. The first kappa shape index (κ1) is 19.3. The number of nitrogens with zero attached hydrogens (tertiary/aromatic N) is 2. The van der Waals surface area contributed by atoms with E-state index in [9.17, 15) is 4.79 Å². The van der Waals surface area contributed by atoms with Crippen molar-refractivity contribution in [1.29, 1.82) is 0 Å². The van der Waals surface area contributed by atoms with E-state index in [1.54, 1.807) is 0 Å². The number of amides is 1. The van der Waals surface area contributed by atoms with Gasteiger partial charge >= 0.3 is 0 Å². The molecule has 2 aromatic heterocycles. The van der Waals surface area contributed by atoms with Crippen LogP contribution in [0, 0.1) is 6.92 Å². The van der Waals surface area contributed by atoms with Crippen molar-refractivity contribution >= 4 is 38.8 Å². The number of nitrogen functional groups attached to an aromatic ring is 1.